The van der Waals surface area contributed by atoms with Gasteiger partial charge in [-0.3, -0.25) is 10.2 Å². The van der Waals surface area contributed by atoms with Crippen molar-refractivity contribution in [2.75, 3.05) is 12.8 Å². The van der Waals surface area contributed by atoms with E-state index < -0.39 is 0 Å². The van der Waals surface area contributed by atoms with Gasteiger partial charge in [0.25, 0.3) is 0 Å². The average Bonchev–Trinajstić information content (AvgIpc) is 2.27. The van der Waals surface area contributed by atoms with Gasteiger partial charge in [-0.15, -0.1) is 0 Å². The van der Waals surface area contributed by atoms with E-state index in [9.17, 15) is 4.79 Å². The molecular weight excluding hydrogens is 222 g/mol. The Morgan fingerprint density at radius 3 is 2.62 bits per heavy atom. The molecule has 16 heavy (non-hydrogen) atoms. The summed E-state index contributed by atoms with van der Waals surface area (Å²) in [5.74, 6) is 0.197. The number of rotatable bonds is 4. The molecule has 1 amide bonds. The lowest BCUT2D eigenvalue weighted by Gasteiger charge is -2.16. The van der Waals surface area contributed by atoms with Crippen LogP contribution in [0.15, 0.2) is 30.3 Å². The summed E-state index contributed by atoms with van der Waals surface area (Å²) in [6, 6.07) is 9.77. The van der Waals surface area contributed by atoms with Gasteiger partial charge < -0.3 is 10.6 Å². The van der Waals surface area contributed by atoms with Crippen LogP contribution >= 0.6 is 11.8 Å². The van der Waals surface area contributed by atoms with Gasteiger partial charge in [0.15, 0.2) is 5.17 Å². The molecule has 0 heterocycles. The van der Waals surface area contributed by atoms with E-state index >= 15 is 0 Å². The smallest absolute Gasteiger partial charge is 0.233 e. The standard InChI is InChI=1S/C11H15N3OS/c1-14(10(15)8-16-11(12)13)7-9-5-3-2-4-6-9/h2-6H,7-8H2,1H3,(H3,12,13). The van der Waals surface area contributed by atoms with Gasteiger partial charge in [-0.1, -0.05) is 42.1 Å². The van der Waals surface area contributed by atoms with Crippen LogP contribution in [-0.2, 0) is 11.3 Å². The summed E-state index contributed by atoms with van der Waals surface area (Å²) in [6.45, 7) is 0.581. The lowest BCUT2D eigenvalue weighted by molar-refractivity contribution is -0.127. The summed E-state index contributed by atoms with van der Waals surface area (Å²) in [5, 5.41) is 6.99. The molecule has 0 atom stereocenters. The maximum absolute atomic E-state index is 11.6. The average molecular weight is 237 g/mol. The summed E-state index contributed by atoms with van der Waals surface area (Å²) >= 11 is 1.05. The van der Waals surface area contributed by atoms with Crippen molar-refractivity contribution >= 4 is 22.8 Å². The predicted octanol–water partition coefficient (Wildman–Crippen LogP) is 1.27. The van der Waals surface area contributed by atoms with Gasteiger partial charge in [0, 0.05) is 13.6 Å². The zero-order chi connectivity index (χ0) is 12.0. The van der Waals surface area contributed by atoms with Gasteiger partial charge in [0.1, 0.15) is 0 Å². The van der Waals surface area contributed by atoms with E-state index in [2.05, 4.69) is 0 Å². The van der Waals surface area contributed by atoms with Gasteiger partial charge in [0.05, 0.1) is 5.75 Å². The van der Waals surface area contributed by atoms with Crippen LogP contribution in [0.4, 0.5) is 0 Å². The number of nitrogens with one attached hydrogen (secondary N) is 1. The number of amides is 1. The fourth-order valence-electron chi connectivity index (χ4n) is 1.20. The molecule has 86 valence electrons. The molecule has 0 spiro atoms. The van der Waals surface area contributed by atoms with Crippen LogP contribution in [-0.4, -0.2) is 28.8 Å². The Balaban J connectivity index is 2.43. The molecule has 0 saturated heterocycles. The molecule has 0 bridgehead atoms. The number of hydrogen-bond donors (Lipinski definition) is 2. The molecule has 0 aliphatic heterocycles. The first kappa shape index (κ1) is 12.6. The van der Waals surface area contributed by atoms with Crippen molar-refractivity contribution < 1.29 is 4.79 Å². The number of hydrogen-bond acceptors (Lipinski definition) is 3. The maximum atomic E-state index is 11.6. The fourth-order valence-corrected chi connectivity index (χ4v) is 1.69. The second kappa shape index (κ2) is 6.17. The molecule has 0 fully saturated rings. The van der Waals surface area contributed by atoms with E-state index in [0.29, 0.717) is 6.54 Å². The Labute approximate surface area is 99.3 Å². The minimum absolute atomic E-state index is 0.0240. The van der Waals surface area contributed by atoms with Crippen LogP contribution < -0.4 is 5.73 Å². The fraction of sp³-hybridized carbons (Fsp3) is 0.273. The largest absolute Gasteiger partial charge is 0.379 e. The number of amidine groups is 1. The Kier molecular flexibility index (Phi) is 4.85. The van der Waals surface area contributed by atoms with E-state index in [1.54, 1.807) is 11.9 Å². The first-order valence-electron chi connectivity index (χ1n) is 4.84. The van der Waals surface area contributed by atoms with Crippen molar-refractivity contribution in [2.24, 2.45) is 5.73 Å². The molecule has 0 saturated carbocycles. The molecule has 1 aromatic rings. The lowest BCUT2D eigenvalue weighted by Crippen LogP contribution is -2.28. The number of carbonyl (C=O) groups excluding carboxylic acids is 1. The minimum atomic E-state index is -0.0264. The SMILES string of the molecule is CN(Cc1ccccc1)C(=O)CSC(=N)N. The van der Waals surface area contributed by atoms with Crippen molar-refractivity contribution in [3.8, 4) is 0 Å². The summed E-state index contributed by atoms with van der Waals surface area (Å²) in [7, 11) is 1.75. The molecule has 5 heteroatoms. The van der Waals surface area contributed by atoms with Crippen molar-refractivity contribution in [1.29, 1.82) is 5.41 Å². The van der Waals surface area contributed by atoms with E-state index in [1.165, 1.54) is 0 Å². The molecule has 0 aromatic heterocycles. The predicted molar refractivity (Wildman–Crippen MR) is 67.3 cm³/mol. The molecule has 1 rings (SSSR count). The van der Waals surface area contributed by atoms with Crippen LogP contribution in [0.25, 0.3) is 0 Å². The van der Waals surface area contributed by atoms with Crippen LogP contribution in [0.5, 0.6) is 0 Å². The van der Waals surface area contributed by atoms with Crippen LogP contribution in [0.3, 0.4) is 0 Å². The minimum Gasteiger partial charge on any atom is -0.379 e. The van der Waals surface area contributed by atoms with Crippen molar-refractivity contribution in [3.63, 3.8) is 0 Å². The molecule has 3 N–H and O–H groups in total. The highest BCUT2D eigenvalue weighted by molar-refractivity contribution is 8.14. The van der Waals surface area contributed by atoms with E-state index in [1.807, 2.05) is 30.3 Å². The number of nitrogens with two attached hydrogens (primary N) is 1. The van der Waals surface area contributed by atoms with Crippen molar-refractivity contribution in [2.45, 2.75) is 6.54 Å². The first-order chi connectivity index (χ1) is 7.59. The van der Waals surface area contributed by atoms with Crippen LogP contribution in [0.2, 0.25) is 0 Å². The van der Waals surface area contributed by atoms with Gasteiger partial charge in [0.2, 0.25) is 5.91 Å². The quantitative estimate of drug-likeness (QED) is 0.612. The van der Waals surface area contributed by atoms with Crippen LogP contribution in [0, 0.1) is 5.41 Å². The normalized spacial score (nSPS) is 9.81. The summed E-state index contributed by atoms with van der Waals surface area (Å²) < 4.78 is 0. The zero-order valence-electron chi connectivity index (χ0n) is 9.14. The van der Waals surface area contributed by atoms with Gasteiger partial charge in [-0.25, -0.2) is 0 Å². The molecule has 1 aromatic carbocycles. The molecule has 4 nitrogen and oxygen atoms in total. The Bertz CT molecular complexity index is 367. The molecule has 0 aliphatic rings. The molecule has 0 aliphatic carbocycles. The van der Waals surface area contributed by atoms with Gasteiger partial charge in [-0.05, 0) is 5.56 Å². The maximum Gasteiger partial charge on any atom is 0.233 e. The third-order valence-electron chi connectivity index (χ3n) is 2.04. The summed E-state index contributed by atoms with van der Waals surface area (Å²) in [4.78, 5) is 13.2. The number of benzene rings is 1. The highest BCUT2D eigenvalue weighted by Crippen LogP contribution is 2.05. The first-order valence-corrected chi connectivity index (χ1v) is 5.83. The van der Waals surface area contributed by atoms with Gasteiger partial charge >= 0.3 is 0 Å². The second-order valence-corrected chi connectivity index (χ2v) is 4.41. The van der Waals surface area contributed by atoms with E-state index in [4.69, 9.17) is 11.1 Å². The molecular formula is C11H15N3OS. The summed E-state index contributed by atoms with van der Waals surface area (Å²) in [6.07, 6.45) is 0. The number of nitrogens with zero attached hydrogens (tertiary/aromatic N) is 1. The van der Waals surface area contributed by atoms with Crippen molar-refractivity contribution in [1.82, 2.24) is 4.90 Å². The monoisotopic (exact) mass is 237 g/mol. The molecule has 0 unspecified atom stereocenters. The van der Waals surface area contributed by atoms with Gasteiger partial charge in [-0.2, -0.15) is 0 Å². The van der Waals surface area contributed by atoms with Crippen molar-refractivity contribution in [3.05, 3.63) is 35.9 Å². The van der Waals surface area contributed by atoms with E-state index in [-0.39, 0.29) is 16.8 Å². The Hall–Kier alpha value is -1.49. The summed E-state index contributed by atoms with van der Waals surface area (Å²) in [5.41, 5.74) is 6.26. The lowest BCUT2D eigenvalue weighted by atomic mass is 10.2. The zero-order valence-corrected chi connectivity index (χ0v) is 9.96. The topological polar surface area (TPSA) is 70.2 Å². The second-order valence-electron chi connectivity index (χ2n) is 3.39. The third kappa shape index (κ3) is 4.35. The number of thioether (sulfide) groups is 1. The number of carbonyl (C=O) groups is 1. The van der Waals surface area contributed by atoms with Crippen LogP contribution in [0.1, 0.15) is 5.56 Å². The Morgan fingerprint density at radius 2 is 2.06 bits per heavy atom. The third-order valence-corrected chi connectivity index (χ3v) is 2.74. The molecule has 0 radical (unpaired) electrons. The highest BCUT2D eigenvalue weighted by atomic mass is 32.2. The van der Waals surface area contributed by atoms with E-state index in [0.717, 1.165) is 17.3 Å². The Morgan fingerprint density at radius 1 is 1.44 bits per heavy atom. The highest BCUT2D eigenvalue weighted by Gasteiger charge is 2.09.